The molecule has 0 N–H and O–H groups in total. The Morgan fingerprint density at radius 3 is 1.40 bits per heavy atom. The van der Waals surface area contributed by atoms with Gasteiger partial charge >= 0.3 is 6.00 Å². The van der Waals surface area contributed by atoms with E-state index in [4.69, 9.17) is 79.6 Å². The van der Waals surface area contributed by atoms with Gasteiger partial charge in [0, 0.05) is 0 Å². The average Bonchev–Trinajstić information content (AvgIpc) is 2.00. The van der Waals surface area contributed by atoms with Crippen LogP contribution in [0.25, 0.3) is 0 Å². The number of hydrogen-bond donors (Lipinski definition) is 0. The summed E-state index contributed by atoms with van der Waals surface area (Å²) in [6.07, 6.45) is 0. The van der Waals surface area contributed by atoms with Crippen molar-refractivity contribution in [3.8, 4) is 0 Å². The summed E-state index contributed by atoms with van der Waals surface area (Å²) >= 11 is 39.7. The van der Waals surface area contributed by atoms with Crippen LogP contribution in [0.3, 0.4) is 0 Å². The van der Waals surface area contributed by atoms with Crippen molar-refractivity contribution in [1.82, 2.24) is 0 Å². The third-order valence-electron chi connectivity index (χ3n) is 1.05. The minimum atomic E-state index is -2.80. The van der Waals surface area contributed by atoms with E-state index < -0.39 is 6.00 Å². The van der Waals surface area contributed by atoms with E-state index in [2.05, 4.69) is 0 Å². The molecule has 0 bridgehead atoms. The van der Waals surface area contributed by atoms with Crippen molar-refractivity contribution in [1.29, 1.82) is 0 Å². The van der Waals surface area contributed by atoms with Gasteiger partial charge < -0.3 is 0 Å². The molecule has 0 fully saturated rings. The second kappa shape index (κ2) is 8.30. The lowest BCUT2D eigenvalue weighted by atomic mass is 11.2. The Morgan fingerprint density at radius 2 is 1.20 bits per heavy atom. The van der Waals surface area contributed by atoms with E-state index in [-0.39, 0.29) is 32.8 Å². The van der Waals surface area contributed by atoms with Crippen molar-refractivity contribution in [2.45, 2.75) is 4.79 Å². The fourth-order valence-electron chi connectivity index (χ4n) is 0.530. The molecule has 0 atom stereocenters. The summed E-state index contributed by atoms with van der Waals surface area (Å²) in [5, 5.41) is 0. The first-order valence-corrected chi connectivity index (χ1v) is 12.3. The van der Waals surface area contributed by atoms with E-state index in [1.165, 1.54) is 0 Å². The van der Waals surface area contributed by atoms with Gasteiger partial charge in [0.2, 0.25) is 0 Å². The molecular weight excluding hydrogens is 392 g/mol. The number of halogens is 7. The largest absolute Gasteiger partial charge is 0.339 e. The second-order valence-corrected chi connectivity index (χ2v) is 17.1. The first kappa shape index (κ1) is 17.2. The molecule has 4 radical (unpaired) electrons. The van der Waals surface area contributed by atoms with Crippen LogP contribution in [0.15, 0.2) is 20.4 Å². The highest BCUT2D eigenvalue weighted by Gasteiger charge is 2.36. The molecule has 0 saturated carbocycles. The Bertz CT molecular complexity index is 230. The zero-order chi connectivity index (χ0) is 12.1. The second-order valence-electron chi connectivity index (χ2n) is 2.18. The van der Waals surface area contributed by atoms with Crippen LogP contribution in [0.4, 0.5) is 0 Å². The Labute approximate surface area is 129 Å². The smallest absolute Gasteiger partial charge is 0.126 e. The van der Waals surface area contributed by atoms with Crippen molar-refractivity contribution in [2.24, 2.45) is 0 Å². The molecular formula is C5H3Cl7Si3. The highest BCUT2D eigenvalue weighted by atomic mass is 35.8. The molecule has 0 rings (SSSR count). The SMILES string of the molecule is ClC(Cl)=C[Si]C([Si]C=C(Cl)Cl)[Si](Cl)(Cl)Cl. The van der Waals surface area contributed by atoms with Crippen molar-refractivity contribution in [2.75, 3.05) is 0 Å². The van der Waals surface area contributed by atoms with E-state index in [9.17, 15) is 0 Å². The highest BCUT2D eigenvalue weighted by Crippen LogP contribution is 2.33. The molecule has 0 aliphatic carbocycles. The van der Waals surface area contributed by atoms with Crippen LogP contribution < -0.4 is 0 Å². The summed E-state index contributed by atoms with van der Waals surface area (Å²) in [6, 6.07) is -2.80. The van der Waals surface area contributed by atoms with Gasteiger partial charge in [-0.15, -0.1) is 33.2 Å². The maximum absolute atomic E-state index is 5.92. The van der Waals surface area contributed by atoms with Crippen LogP contribution in [-0.4, -0.2) is 25.0 Å². The van der Waals surface area contributed by atoms with Crippen molar-refractivity contribution >= 4 is 105 Å². The normalized spacial score (nSPS) is 11.5. The molecule has 0 nitrogen and oxygen atoms in total. The molecule has 10 heteroatoms. The van der Waals surface area contributed by atoms with Gasteiger partial charge in [0.1, 0.15) is 0 Å². The molecule has 0 aliphatic heterocycles. The van der Waals surface area contributed by atoms with E-state index in [1.807, 2.05) is 0 Å². The zero-order valence-electron chi connectivity index (χ0n) is 6.88. The Hall–Kier alpha value is 2.16. The van der Waals surface area contributed by atoms with Crippen LogP contribution in [0.5, 0.6) is 0 Å². The molecule has 0 amide bonds. The molecule has 0 aliphatic rings. The highest BCUT2D eigenvalue weighted by molar-refractivity contribution is 7.67. The molecule has 84 valence electrons. The van der Waals surface area contributed by atoms with Crippen LogP contribution in [0, 0.1) is 0 Å². The lowest BCUT2D eigenvalue weighted by Crippen LogP contribution is -2.29. The number of rotatable bonds is 5. The summed E-state index contributed by atoms with van der Waals surface area (Å²) < 4.78 is 0.347. The Kier molecular flexibility index (Phi) is 9.49. The predicted molar refractivity (Wildman–Crippen MR) is 78.1 cm³/mol. The third-order valence-corrected chi connectivity index (χ3v) is 14.3. The molecule has 0 unspecified atom stereocenters. The molecule has 0 aromatic heterocycles. The van der Waals surface area contributed by atoms with Gasteiger partial charge in [-0.05, 0) is 4.79 Å². The summed E-state index contributed by atoms with van der Waals surface area (Å²) in [4.78, 5) is -0.0949. The maximum Gasteiger partial charge on any atom is 0.339 e. The van der Waals surface area contributed by atoms with Crippen LogP contribution in [0.2, 0.25) is 4.79 Å². The van der Waals surface area contributed by atoms with Gasteiger partial charge in [-0.3, -0.25) is 0 Å². The van der Waals surface area contributed by atoms with Gasteiger partial charge in [-0.25, -0.2) is 0 Å². The monoisotopic (exact) mass is 392 g/mol. The van der Waals surface area contributed by atoms with E-state index in [0.717, 1.165) is 0 Å². The Balaban J connectivity index is 4.47. The van der Waals surface area contributed by atoms with E-state index in [1.54, 1.807) is 11.4 Å². The molecule has 0 heterocycles. The van der Waals surface area contributed by atoms with Crippen molar-refractivity contribution in [3.05, 3.63) is 20.4 Å². The third kappa shape index (κ3) is 9.83. The van der Waals surface area contributed by atoms with Gasteiger partial charge in [-0.2, -0.15) is 0 Å². The van der Waals surface area contributed by atoms with Gasteiger partial charge in [0.15, 0.2) is 0 Å². The quantitative estimate of drug-likeness (QED) is 0.459. The van der Waals surface area contributed by atoms with Crippen LogP contribution >= 0.6 is 79.6 Å². The van der Waals surface area contributed by atoms with Crippen LogP contribution in [0.1, 0.15) is 0 Å². The minimum absolute atomic E-state index is 0.0949. The standard InChI is InChI=1S/C5H3Cl7Si3/c6-3(7)1-13-5(15(10,11)12)14-2-4(8)9/h1-2,5H. The molecule has 0 spiro atoms. The van der Waals surface area contributed by atoms with Gasteiger partial charge in [0.05, 0.1) is 28.0 Å². The maximum atomic E-state index is 5.92. The predicted octanol–water partition coefficient (Wildman–Crippen LogP) is 4.89. The topological polar surface area (TPSA) is 0 Å². The number of hydrogen-bond acceptors (Lipinski definition) is 0. The van der Waals surface area contributed by atoms with E-state index >= 15 is 0 Å². The zero-order valence-corrected chi connectivity index (χ0v) is 15.2. The molecule has 0 aromatic carbocycles. The summed E-state index contributed by atoms with van der Waals surface area (Å²) in [5.41, 5.74) is 3.26. The first-order chi connectivity index (χ1) is 6.73. The summed E-state index contributed by atoms with van der Waals surface area (Å²) in [6.45, 7) is 0. The van der Waals surface area contributed by atoms with Gasteiger partial charge in [-0.1, -0.05) is 57.8 Å². The fourth-order valence-corrected chi connectivity index (χ4v) is 8.17. The first-order valence-electron chi connectivity index (χ1n) is 3.34. The molecule has 0 saturated heterocycles. The lowest BCUT2D eigenvalue weighted by molar-refractivity contribution is 1.77. The van der Waals surface area contributed by atoms with Crippen LogP contribution in [-0.2, 0) is 0 Å². The molecule has 15 heavy (non-hydrogen) atoms. The van der Waals surface area contributed by atoms with Crippen molar-refractivity contribution < 1.29 is 0 Å². The Morgan fingerprint density at radius 1 is 0.867 bits per heavy atom. The fraction of sp³-hybridized carbons (Fsp3) is 0.200. The molecule has 0 aromatic rings. The average molecular weight is 396 g/mol. The minimum Gasteiger partial charge on any atom is -0.126 e. The summed E-state index contributed by atoms with van der Waals surface area (Å²) in [7, 11) is 0.490. The van der Waals surface area contributed by atoms with Gasteiger partial charge in [0.25, 0.3) is 0 Å². The lowest BCUT2D eigenvalue weighted by Gasteiger charge is -2.17. The van der Waals surface area contributed by atoms with Crippen molar-refractivity contribution in [3.63, 3.8) is 0 Å². The summed E-state index contributed by atoms with van der Waals surface area (Å²) in [5.74, 6) is 0. The van der Waals surface area contributed by atoms with E-state index in [0.29, 0.717) is 0 Å².